The van der Waals surface area contributed by atoms with Crippen LogP contribution in [0.15, 0.2) is 43.1 Å². The van der Waals surface area contributed by atoms with Crippen LogP contribution < -0.4 is 5.32 Å². The monoisotopic (exact) mass is 312 g/mol. The molecule has 0 spiro atoms. The summed E-state index contributed by atoms with van der Waals surface area (Å²) in [6.45, 7) is 7.95. The number of benzene rings is 1. The van der Waals surface area contributed by atoms with Crippen molar-refractivity contribution < 1.29 is 10.2 Å². The molecule has 0 saturated carbocycles. The molecule has 3 rings (SSSR count). The minimum Gasteiger partial charge on any atom is -0.508 e. The molecule has 23 heavy (non-hydrogen) atoms. The number of fused-ring (bicyclic) bond motifs is 1. The third-order valence-electron chi connectivity index (χ3n) is 5.14. The molecule has 3 N–H and O–H groups in total. The van der Waals surface area contributed by atoms with Gasteiger partial charge in [0.05, 0.1) is 11.6 Å². The van der Waals surface area contributed by atoms with E-state index >= 15 is 0 Å². The van der Waals surface area contributed by atoms with Crippen LogP contribution in [-0.2, 0) is 0 Å². The van der Waals surface area contributed by atoms with Crippen LogP contribution in [0.4, 0.5) is 0 Å². The first kappa shape index (κ1) is 16.0. The lowest BCUT2D eigenvalue weighted by molar-refractivity contribution is 0.0581. The molecule has 1 saturated heterocycles. The summed E-state index contributed by atoms with van der Waals surface area (Å²) in [4.78, 5) is 4.32. The second kappa shape index (κ2) is 6.69. The number of aliphatic hydroxyl groups excluding tert-OH is 1. The van der Waals surface area contributed by atoms with E-state index in [-0.39, 0.29) is 11.7 Å². The van der Waals surface area contributed by atoms with Gasteiger partial charge in [0.25, 0.3) is 0 Å². The maximum atomic E-state index is 11.0. The van der Waals surface area contributed by atoms with Crippen molar-refractivity contribution in [2.24, 2.45) is 17.8 Å². The van der Waals surface area contributed by atoms with Gasteiger partial charge in [-0.1, -0.05) is 13.0 Å². The lowest BCUT2D eigenvalue weighted by Gasteiger charge is -2.37. The highest BCUT2D eigenvalue weighted by Crippen LogP contribution is 2.38. The molecular weight excluding hydrogens is 288 g/mol. The molecule has 1 aromatic heterocycles. The minimum absolute atomic E-state index is 0.105. The van der Waals surface area contributed by atoms with Crippen LogP contribution in [-0.4, -0.2) is 28.3 Å². The van der Waals surface area contributed by atoms with Crippen molar-refractivity contribution in [3.8, 4) is 5.75 Å². The van der Waals surface area contributed by atoms with Crippen molar-refractivity contribution in [1.82, 2.24) is 10.3 Å². The van der Waals surface area contributed by atoms with Crippen molar-refractivity contribution >= 4 is 10.9 Å². The Kier molecular flexibility index (Phi) is 4.64. The highest BCUT2D eigenvalue weighted by molar-refractivity contribution is 5.83. The summed E-state index contributed by atoms with van der Waals surface area (Å²) in [5, 5.41) is 25.0. The Morgan fingerprint density at radius 3 is 3.00 bits per heavy atom. The van der Waals surface area contributed by atoms with E-state index in [1.165, 1.54) is 0 Å². The lowest BCUT2D eigenvalue weighted by atomic mass is 9.74. The second-order valence-electron chi connectivity index (χ2n) is 6.46. The van der Waals surface area contributed by atoms with Gasteiger partial charge in [-0.05, 0) is 60.5 Å². The Hall–Kier alpha value is -1.91. The summed E-state index contributed by atoms with van der Waals surface area (Å²) in [5.41, 5.74) is 1.62. The highest BCUT2D eigenvalue weighted by atomic mass is 16.3. The molecule has 0 radical (unpaired) electrons. The maximum Gasteiger partial charge on any atom is 0.116 e. The van der Waals surface area contributed by atoms with Gasteiger partial charge >= 0.3 is 0 Å². The Balaban J connectivity index is 1.94. The summed E-state index contributed by atoms with van der Waals surface area (Å²) in [6, 6.07) is 6.94. The molecule has 1 aliphatic heterocycles. The molecule has 2 aromatic rings. The molecule has 0 aliphatic carbocycles. The Labute approximate surface area is 136 Å². The number of pyridine rings is 1. The van der Waals surface area contributed by atoms with Crippen molar-refractivity contribution in [3.05, 3.63) is 48.7 Å². The normalized spacial score (nSPS) is 24.3. The van der Waals surface area contributed by atoms with E-state index in [1.54, 1.807) is 24.4 Å². The van der Waals surface area contributed by atoms with Crippen molar-refractivity contribution in [2.75, 3.05) is 13.1 Å². The second-order valence-corrected chi connectivity index (χ2v) is 6.46. The van der Waals surface area contributed by atoms with Crippen LogP contribution in [0.1, 0.15) is 25.0 Å². The number of phenols is 1. The van der Waals surface area contributed by atoms with E-state index in [1.807, 2.05) is 12.1 Å². The average molecular weight is 312 g/mol. The van der Waals surface area contributed by atoms with Crippen molar-refractivity contribution in [3.63, 3.8) is 0 Å². The van der Waals surface area contributed by atoms with E-state index in [4.69, 9.17) is 0 Å². The highest BCUT2D eigenvalue weighted by Gasteiger charge is 2.32. The molecule has 4 atom stereocenters. The Bertz CT molecular complexity index is 701. The smallest absolute Gasteiger partial charge is 0.116 e. The van der Waals surface area contributed by atoms with Gasteiger partial charge in [0.1, 0.15) is 5.75 Å². The first-order chi connectivity index (χ1) is 11.1. The van der Waals surface area contributed by atoms with Crippen molar-refractivity contribution in [2.45, 2.75) is 19.4 Å². The molecule has 122 valence electrons. The Morgan fingerprint density at radius 1 is 1.39 bits per heavy atom. The zero-order valence-corrected chi connectivity index (χ0v) is 13.4. The summed E-state index contributed by atoms with van der Waals surface area (Å²) in [6.07, 6.45) is 4.16. The molecule has 1 aromatic carbocycles. The third-order valence-corrected chi connectivity index (χ3v) is 5.14. The largest absolute Gasteiger partial charge is 0.508 e. The van der Waals surface area contributed by atoms with Crippen LogP contribution >= 0.6 is 0 Å². The molecule has 4 unspecified atom stereocenters. The van der Waals surface area contributed by atoms with Crippen LogP contribution in [0.3, 0.4) is 0 Å². The van der Waals surface area contributed by atoms with E-state index in [0.29, 0.717) is 11.8 Å². The van der Waals surface area contributed by atoms with E-state index in [9.17, 15) is 10.2 Å². The predicted octanol–water partition coefficient (Wildman–Crippen LogP) is 3.02. The zero-order chi connectivity index (χ0) is 16.4. The Morgan fingerprint density at radius 2 is 2.22 bits per heavy atom. The number of nitrogens with zero attached hydrogens (tertiary/aromatic N) is 1. The number of nitrogens with one attached hydrogen (secondary N) is 1. The fourth-order valence-corrected chi connectivity index (χ4v) is 3.74. The maximum absolute atomic E-state index is 11.0. The molecular formula is C19H24N2O2. The number of aromatic nitrogens is 1. The number of aromatic hydroxyl groups is 1. The number of hydrogen-bond acceptors (Lipinski definition) is 4. The molecule has 1 aliphatic rings. The van der Waals surface area contributed by atoms with E-state index in [0.717, 1.165) is 36.0 Å². The van der Waals surface area contributed by atoms with E-state index < -0.39 is 6.10 Å². The SMILES string of the molecule is C=CC1CNCCC1C(C)C(O)c1ccnc2ccc(O)cc12. The minimum atomic E-state index is -0.590. The van der Waals surface area contributed by atoms with Gasteiger partial charge < -0.3 is 15.5 Å². The predicted molar refractivity (Wildman–Crippen MR) is 92.2 cm³/mol. The van der Waals surface area contributed by atoms with Gasteiger partial charge in [-0.3, -0.25) is 4.98 Å². The summed E-state index contributed by atoms with van der Waals surface area (Å²) in [5.74, 6) is 1.06. The zero-order valence-electron chi connectivity index (χ0n) is 13.4. The van der Waals surface area contributed by atoms with Crippen LogP contribution in [0.2, 0.25) is 0 Å². The van der Waals surface area contributed by atoms with Gasteiger partial charge in [0, 0.05) is 18.1 Å². The summed E-state index contributed by atoms with van der Waals surface area (Å²) < 4.78 is 0. The number of phenolic OH excluding ortho intramolecular Hbond substituents is 1. The van der Waals surface area contributed by atoms with Gasteiger partial charge in [-0.2, -0.15) is 0 Å². The van der Waals surface area contributed by atoms with E-state index in [2.05, 4.69) is 23.8 Å². The summed E-state index contributed by atoms with van der Waals surface area (Å²) in [7, 11) is 0. The van der Waals surface area contributed by atoms with Crippen LogP contribution in [0.5, 0.6) is 5.75 Å². The van der Waals surface area contributed by atoms with Crippen LogP contribution in [0.25, 0.3) is 10.9 Å². The van der Waals surface area contributed by atoms with Crippen LogP contribution in [0, 0.1) is 17.8 Å². The van der Waals surface area contributed by atoms with Gasteiger partial charge in [0.15, 0.2) is 0 Å². The number of aliphatic hydroxyl groups is 1. The van der Waals surface area contributed by atoms with Gasteiger partial charge in [-0.25, -0.2) is 0 Å². The average Bonchev–Trinajstić information content (AvgIpc) is 2.59. The number of hydrogen-bond donors (Lipinski definition) is 3. The fraction of sp³-hybridized carbons (Fsp3) is 0.421. The molecule has 0 bridgehead atoms. The fourth-order valence-electron chi connectivity index (χ4n) is 3.74. The standard InChI is InChI=1S/C19H24N2O2/c1-3-13-11-20-8-6-15(13)12(2)19(23)16-7-9-21-18-5-4-14(22)10-17(16)18/h3-5,7,9-10,12-13,15,19-20,22-23H,1,6,8,11H2,2H3. The summed E-state index contributed by atoms with van der Waals surface area (Å²) >= 11 is 0. The third kappa shape index (κ3) is 3.09. The molecule has 1 fully saturated rings. The molecule has 0 amide bonds. The lowest BCUT2D eigenvalue weighted by Crippen LogP contribution is -2.39. The topological polar surface area (TPSA) is 65.4 Å². The molecule has 4 heteroatoms. The van der Waals surface area contributed by atoms with Crippen molar-refractivity contribution in [1.29, 1.82) is 0 Å². The number of rotatable bonds is 4. The first-order valence-electron chi connectivity index (χ1n) is 8.20. The number of piperidine rings is 1. The van der Waals surface area contributed by atoms with Gasteiger partial charge in [0.2, 0.25) is 0 Å². The molecule has 2 heterocycles. The molecule has 4 nitrogen and oxygen atoms in total. The first-order valence-corrected chi connectivity index (χ1v) is 8.20. The van der Waals surface area contributed by atoms with Gasteiger partial charge in [-0.15, -0.1) is 6.58 Å². The quantitative estimate of drug-likeness (QED) is 0.759.